The second-order valence-corrected chi connectivity index (χ2v) is 9.08. The van der Waals surface area contributed by atoms with E-state index in [2.05, 4.69) is 0 Å². The number of piperidine rings is 1. The fourth-order valence-electron chi connectivity index (χ4n) is 3.38. The van der Waals surface area contributed by atoms with Crippen molar-refractivity contribution in [2.45, 2.75) is 37.1 Å². The monoisotopic (exact) mass is 418 g/mol. The molecule has 0 bridgehead atoms. The smallest absolute Gasteiger partial charge is 0.223 e. The Labute approximate surface area is 166 Å². The van der Waals surface area contributed by atoms with Crippen LogP contribution in [0.5, 0.6) is 11.5 Å². The summed E-state index contributed by atoms with van der Waals surface area (Å²) >= 11 is 0. The Balaban J connectivity index is 0.00000261. The molecule has 0 saturated carbocycles. The van der Waals surface area contributed by atoms with Crippen molar-refractivity contribution in [3.63, 3.8) is 0 Å². The third kappa shape index (κ3) is 5.27. The molecule has 1 aromatic rings. The molecule has 2 aliphatic heterocycles. The van der Waals surface area contributed by atoms with Gasteiger partial charge in [0.15, 0.2) is 21.3 Å². The molecule has 27 heavy (non-hydrogen) atoms. The summed E-state index contributed by atoms with van der Waals surface area (Å²) in [7, 11) is -3.57. The van der Waals surface area contributed by atoms with E-state index in [4.69, 9.17) is 15.2 Å². The summed E-state index contributed by atoms with van der Waals surface area (Å²) in [6.45, 7) is 4.08. The molecule has 2 unspecified atom stereocenters. The zero-order chi connectivity index (χ0) is 18.7. The van der Waals surface area contributed by atoms with Gasteiger partial charge in [0.2, 0.25) is 5.91 Å². The van der Waals surface area contributed by atoms with E-state index < -0.39 is 9.84 Å². The second-order valence-electron chi connectivity index (χ2n) is 6.98. The Morgan fingerprint density at radius 1 is 1.30 bits per heavy atom. The number of carbonyl (C=O) groups excluding carboxylic acids is 1. The minimum atomic E-state index is -3.57. The zero-order valence-electron chi connectivity index (χ0n) is 15.4. The number of sulfone groups is 1. The largest absolute Gasteiger partial charge is 0.486 e. The molecule has 1 aromatic carbocycles. The van der Waals surface area contributed by atoms with Gasteiger partial charge in [-0.2, -0.15) is 0 Å². The lowest BCUT2D eigenvalue weighted by atomic mass is 9.92. The van der Waals surface area contributed by atoms with Crippen molar-refractivity contribution in [2.75, 3.05) is 32.1 Å². The summed E-state index contributed by atoms with van der Waals surface area (Å²) in [6, 6.07) is 4.61. The number of benzene rings is 1. The maximum absolute atomic E-state index is 12.6. The Morgan fingerprint density at radius 3 is 2.70 bits per heavy atom. The van der Waals surface area contributed by atoms with Crippen LogP contribution in [-0.2, 0) is 14.6 Å². The summed E-state index contributed by atoms with van der Waals surface area (Å²) in [4.78, 5) is 14.4. The zero-order valence-corrected chi connectivity index (χ0v) is 17.1. The Hall–Kier alpha value is -1.51. The molecule has 2 atom stereocenters. The molecule has 1 amide bonds. The van der Waals surface area contributed by atoms with Gasteiger partial charge in [0.05, 0.1) is 10.6 Å². The summed E-state index contributed by atoms with van der Waals surface area (Å²) in [6.07, 6.45) is 1.90. The average Bonchev–Trinajstić information content (AvgIpc) is 2.65. The second kappa shape index (κ2) is 9.12. The van der Waals surface area contributed by atoms with Gasteiger partial charge in [0, 0.05) is 31.6 Å². The maximum atomic E-state index is 12.6. The average molecular weight is 419 g/mol. The molecule has 3 rings (SSSR count). The Morgan fingerprint density at radius 2 is 2.00 bits per heavy atom. The highest BCUT2D eigenvalue weighted by Crippen LogP contribution is 2.32. The highest BCUT2D eigenvalue weighted by atomic mass is 35.5. The van der Waals surface area contributed by atoms with Gasteiger partial charge in [-0.1, -0.05) is 0 Å². The number of carbonyl (C=O) groups is 1. The van der Waals surface area contributed by atoms with Crippen molar-refractivity contribution < 1.29 is 22.7 Å². The van der Waals surface area contributed by atoms with Gasteiger partial charge >= 0.3 is 0 Å². The van der Waals surface area contributed by atoms with E-state index in [9.17, 15) is 13.2 Å². The van der Waals surface area contributed by atoms with Crippen LogP contribution in [0.4, 0.5) is 0 Å². The van der Waals surface area contributed by atoms with E-state index in [1.165, 1.54) is 12.1 Å². The fourth-order valence-corrected chi connectivity index (χ4v) is 4.62. The molecule has 1 fully saturated rings. The van der Waals surface area contributed by atoms with Gasteiger partial charge in [-0.25, -0.2) is 8.42 Å². The predicted octanol–water partition coefficient (Wildman–Crippen LogP) is 1.63. The van der Waals surface area contributed by atoms with Crippen molar-refractivity contribution in [1.82, 2.24) is 4.90 Å². The minimum absolute atomic E-state index is 0. The van der Waals surface area contributed by atoms with E-state index in [0.29, 0.717) is 37.8 Å². The van der Waals surface area contributed by atoms with Crippen molar-refractivity contribution in [1.29, 1.82) is 0 Å². The van der Waals surface area contributed by atoms with Crippen LogP contribution in [0, 0.1) is 5.92 Å². The molecule has 7 nitrogen and oxygen atoms in total. The summed E-state index contributed by atoms with van der Waals surface area (Å²) in [5.74, 6) is 0.907. The number of rotatable bonds is 5. The van der Waals surface area contributed by atoms with Crippen molar-refractivity contribution in [3.8, 4) is 11.5 Å². The molecule has 2 aliphatic rings. The van der Waals surface area contributed by atoms with E-state index in [1.807, 2.05) is 6.92 Å². The molecule has 0 aromatic heterocycles. The van der Waals surface area contributed by atoms with Crippen molar-refractivity contribution in [3.05, 3.63) is 18.2 Å². The van der Waals surface area contributed by atoms with E-state index in [-0.39, 0.29) is 47.3 Å². The summed E-state index contributed by atoms with van der Waals surface area (Å²) < 4.78 is 36.0. The lowest BCUT2D eigenvalue weighted by Crippen LogP contribution is -2.45. The lowest BCUT2D eigenvalue weighted by molar-refractivity contribution is -0.132. The van der Waals surface area contributed by atoms with Crippen molar-refractivity contribution in [2.24, 2.45) is 11.7 Å². The van der Waals surface area contributed by atoms with Crippen LogP contribution < -0.4 is 15.2 Å². The van der Waals surface area contributed by atoms with Crippen LogP contribution in [0.1, 0.15) is 26.2 Å². The molecule has 2 N–H and O–H groups in total. The number of hydrogen-bond donors (Lipinski definition) is 1. The predicted molar refractivity (Wildman–Crippen MR) is 104 cm³/mol. The van der Waals surface area contributed by atoms with Crippen LogP contribution in [0.15, 0.2) is 23.1 Å². The first-order valence-electron chi connectivity index (χ1n) is 9.02. The molecule has 1 saturated heterocycles. The Bertz CT molecular complexity index is 769. The van der Waals surface area contributed by atoms with Gasteiger partial charge in [0.1, 0.15) is 13.2 Å². The summed E-state index contributed by atoms with van der Waals surface area (Å²) in [5, 5.41) is 0. The molecule has 9 heteroatoms. The standard InChI is InChI=1S/C18H26N2O5S.ClH/c1-13(19)14-3-2-7-20(12-14)18(21)6-10-26(22,23)15-4-5-16-17(11-15)25-9-8-24-16;/h4-5,11,13-14H,2-3,6-10,12,19H2,1H3;1H. The van der Waals surface area contributed by atoms with Gasteiger partial charge in [0.25, 0.3) is 0 Å². The van der Waals surface area contributed by atoms with Crippen molar-refractivity contribution >= 4 is 28.2 Å². The number of hydrogen-bond acceptors (Lipinski definition) is 6. The SMILES string of the molecule is CC(N)C1CCCN(C(=O)CCS(=O)(=O)c2ccc3c(c2)OCCO3)C1.Cl. The van der Waals surface area contributed by atoms with Crippen LogP contribution in [0.3, 0.4) is 0 Å². The fraction of sp³-hybridized carbons (Fsp3) is 0.611. The first kappa shape index (κ1) is 21.8. The maximum Gasteiger partial charge on any atom is 0.223 e. The first-order valence-corrected chi connectivity index (χ1v) is 10.7. The van der Waals surface area contributed by atoms with Crippen LogP contribution in [0.2, 0.25) is 0 Å². The molecular formula is C18H27ClN2O5S. The first-order chi connectivity index (χ1) is 12.4. The minimum Gasteiger partial charge on any atom is -0.486 e. The molecule has 2 heterocycles. The van der Waals surface area contributed by atoms with Gasteiger partial charge in [-0.15, -0.1) is 12.4 Å². The quantitative estimate of drug-likeness (QED) is 0.780. The number of fused-ring (bicyclic) bond motifs is 1. The van der Waals surface area contributed by atoms with Crippen LogP contribution in [0.25, 0.3) is 0 Å². The van der Waals surface area contributed by atoms with Gasteiger partial charge in [-0.3, -0.25) is 4.79 Å². The highest BCUT2D eigenvalue weighted by molar-refractivity contribution is 7.91. The van der Waals surface area contributed by atoms with Gasteiger partial charge in [-0.05, 0) is 37.8 Å². The highest BCUT2D eigenvalue weighted by Gasteiger charge is 2.27. The van der Waals surface area contributed by atoms with E-state index in [1.54, 1.807) is 11.0 Å². The van der Waals surface area contributed by atoms with Crippen LogP contribution in [-0.4, -0.2) is 57.3 Å². The number of ether oxygens (including phenoxy) is 2. The lowest BCUT2D eigenvalue weighted by Gasteiger charge is -2.34. The number of nitrogens with zero attached hydrogens (tertiary/aromatic N) is 1. The normalized spacial score (nSPS) is 20.5. The number of halogens is 1. The summed E-state index contributed by atoms with van der Waals surface area (Å²) in [5.41, 5.74) is 5.95. The van der Waals surface area contributed by atoms with E-state index in [0.717, 1.165) is 12.8 Å². The van der Waals surface area contributed by atoms with Gasteiger partial charge < -0.3 is 20.1 Å². The third-order valence-corrected chi connectivity index (χ3v) is 6.73. The van der Waals surface area contributed by atoms with E-state index >= 15 is 0 Å². The number of amides is 1. The Kier molecular flexibility index (Phi) is 7.36. The third-order valence-electron chi connectivity index (χ3n) is 5.01. The van der Waals surface area contributed by atoms with Crippen LogP contribution >= 0.6 is 12.4 Å². The molecule has 152 valence electrons. The number of nitrogens with two attached hydrogens (primary N) is 1. The molecule has 0 spiro atoms. The topological polar surface area (TPSA) is 98.9 Å². The molecule has 0 aliphatic carbocycles. The molecule has 0 radical (unpaired) electrons. The molecular weight excluding hydrogens is 392 g/mol. The number of likely N-dealkylation sites (tertiary alicyclic amines) is 1.